The van der Waals surface area contributed by atoms with Crippen molar-refractivity contribution in [1.29, 1.82) is 0 Å². The van der Waals surface area contributed by atoms with Crippen molar-refractivity contribution in [3.63, 3.8) is 0 Å². The summed E-state index contributed by atoms with van der Waals surface area (Å²) in [5, 5.41) is 3.06. The third-order valence-electron chi connectivity index (χ3n) is 6.98. The van der Waals surface area contributed by atoms with Crippen molar-refractivity contribution in [1.82, 2.24) is 10.2 Å². The quantitative estimate of drug-likeness (QED) is 0.723. The van der Waals surface area contributed by atoms with Crippen molar-refractivity contribution in [2.45, 2.75) is 69.7 Å². The number of piperidine rings is 1. The van der Waals surface area contributed by atoms with Gasteiger partial charge in [-0.15, -0.1) is 0 Å². The average molecular weight is 405 g/mol. The first kappa shape index (κ1) is 20.4. The Balaban J connectivity index is 1.56. The minimum Gasteiger partial charge on any atom is -0.317 e. The molecule has 4 rings (SSSR count). The topological polar surface area (TPSA) is 49.4 Å². The van der Waals surface area contributed by atoms with Crippen molar-refractivity contribution in [2.24, 2.45) is 11.8 Å². The van der Waals surface area contributed by atoms with E-state index >= 15 is 0 Å². The van der Waals surface area contributed by atoms with Crippen molar-refractivity contribution < 1.29 is 8.42 Å². The molecule has 0 radical (unpaired) electrons. The Hall–Kier alpha value is -0.910. The molecular weight excluding hydrogens is 368 g/mol. The molecule has 4 nitrogen and oxygen atoms in total. The van der Waals surface area contributed by atoms with E-state index in [1.54, 1.807) is 0 Å². The largest absolute Gasteiger partial charge is 0.317 e. The zero-order valence-electron chi connectivity index (χ0n) is 17.5. The summed E-state index contributed by atoms with van der Waals surface area (Å²) in [5.41, 5.74) is 4.39. The molecule has 28 heavy (non-hydrogen) atoms. The highest BCUT2D eigenvalue weighted by Gasteiger charge is 2.40. The Bertz CT molecular complexity index is 782. The smallest absolute Gasteiger partial charge is 0.163 e. The maximum atomic E-state index is 12.9. The summed E-state index contributed by atoms with van der Waals surface area (Å²) in [7, 11) is -3.13. The molecule has 156 valence electrons. The third-order valence-corrected chi connectivity index (χ3v) is 8.51. The molecule has 0 aromatic heterocycles. The number of hydrogen-bond donors (Lipinski definition) is 1. The van der Waals surface area contributed by atoms with Crippen LogP contribution in [-0.4, -0.2) is 50.6 Å². The van der Waals surface area contributed by atoms with E-state index in [0.717, 1.165) is 38.9 Å². The molecule has 1 aromatic rings. The van der Waals surface area contributed by atoms with E-state index < -0.39 is 9.84 Å². The van der Waals surface area contributed by atoms with Crippen molar-refractivity contribution in [3.05, 3.63) is 34.9 Å². The molecule has 0 spiro atoms. The molecule has 0 bridgehead atoms. The van der Waals surface area contributed by atoms with Crippen LogP contribution >= 0.6 is 0 Å². The van der Waals surface area contributed by atoms with E-state index in [9.17, 15) is 8.42 Å². The van der Waals surface area contributed by atoms with Gasteiger partial charge in [-0.2, -0.15) is 0 Å². The fraction of sp³-hybridized carbons (Fsp3) is 0.739. The van der Waals surface area contributed by atoms with Crippen LogP contribution in [-0.2, 0) is 29.1 Å². The lowest BCUT2D eigenvalue weighted by molar-refractivity contribution is 0.125. The Morgan fingerprint density at radius 2 is 1.82 bits per heavy atom. The summed E-state index contributed by atoms with van der Waals surface area (Å²) in [4.78, 5) is 2.37. The number of benzene rings is 1. The number of nitrogens with one attached hydrogen (secondary N) is 1. The van der Waals surface area contributed by atoms with E-state index in [4.69, 9.17) is 0 Å². The van der Waals surface area contributed by atoms with Gasteiger partial charge in [0.05, 0.1) is 0 Å². The van der Waals surface area contributed by atoms with E-state index in [2.05, 4.69) is 35.3 Å². The maximum Gasteiger partial charge on any atom is 0.163 e. The number of fused-ring (bicyclic) bond motifs is 1. The Morgan fingerprint density at radius 3 is 2.50 bits per heavy atom. The molecule has 1 aromatic carbocycles. The van der Waals surface area contributed by atoms with Gasteiger partial charge in [-0.05, 0) is 99.9 Å². The monoisotopic (exact) mass is 404 g/mol. The van der Waals surface area contributed by atoms with E-state index in [1.165, 1.54) is 55.1 Å². The van der Waals surface area contributed by atoms with Crippen LogP contribution < -0.4 is 5.32 Å². The zero-order chi connectivity index (χ0) is 19.7. The lowest BCUT2D eigenvalue weighted by Crippen LogP contribution is -2.53. The average Bonchev–Trinajstić information content (AvgIpc) is 3.35. The third kappa shape index (κ3) is 4.80. The summed E-state index contributed by atoms with van der Waals surface area (Å²) in [5.74, 6) is 0.936. The highest BCUT2D eigenvalue weighted by Crippen LogP contribution is 2.35. The highest BCUT2D eigenvalue weighted by atomic mass is 32.2. The first-order chi connectivity index (χ1) is 13.4. The number of rotatable bonds is 8. The second-order valence-corrected chi connectivity index (χ2v) is 11.6. The van der Waals surface area contributed by atoms with Gasteiger partial charge in [0.15, 0.2) is 9.84 Å². The minimum absolute atomic E-state index is 0.245. The maximum absolute atomic E-state index is 12.9. The van der Waals surface area contributed by atoms with E-state index in [0.29, 0.717) is 5.92 Å². The van der Waals surface area contributed by atoms with Crippen LogP contribution in [0.5, 0.6) is 0 Å². The van der Waals surface area contributed by atoms with Gasteiger partial charge in [-0.3, -0.25) is 4.90 Å². The van der Waals surface area contributed by atoms with Gasteiger partial charge in [-0.1, -0.05) is 18.2 Å². The Morgan fingerprint density at radius 1 is 1.11 bits per heavy atom. The molecule has 1 saturated carbocycles. The van der Waals surface area contributed by atoms with Crippen LogP contribution in [0.3, 0.4) is 0 Å². The summed E-state index contributed by atoms with van der Waals surface area (Å²) in [6.07, 6.45) is 10.5. The standard InChI is InChI=1S/C23H36N2O2S/c1-17(14-19-8-9-20-4-3-5-22(20)15-19)25(16-18-6-7-18)23(28(2,26)27)21-10-12-24-13-11-21/h8-9,15,17-18,21,23-24H,3-7,10-14,16H2,1-2H3. The van der Waals surface area contributed by atoms with Crippen molar-refractivity contribution >= 4 is 9.84 Å². The van der Waals surface area contributed by atoms with Crippen LogP contribution in [0.15, 0.2) is 18.2 Å². The van der Waals surface area contributed by atoms with Gasteiger partial charge in [0.1, 0.15) is 5.37 Å². The SMILES string of the molecule is CC(Cc1ccc2c(c1)CCC2)N(CC1CC1)C(C1CCNCC1)S(C)(=O)=O. The number of sulfone groups is 1. The normalized spacial score (nSPS) is 23.0. The molecule has 1 aliphatic heterocycles. The van der Waals surface area contributed by atoms with Crippen LogP contribution in [0.4, 0.5) is 0 Å². The van der Waals surface area contributed by atoms with Gasteiger partial charge < -0.3 is 5.32 Å². The van der Waals surface area contributed by atoms with Gasteiger partial charge in [0, 0.05) is 18.8 Å². The summed E-state index contributed by atoms with van der Waals surface area (Å²) in [6, 6.07) is 7.20. The highest BCUT2D eigenvalue weighted by molar-refractivity contribution is 7.91. The van der Waals surface area contributed by atoms with Crippen LogP contribution in [0.2, 0.25) is 0 Å². The first-order valence-corrected chi connectivity index (χ1v) is 13.1. The van der Waals surface area contributed by atoms with Crippen LogP contribution in [0, 0.1) is 11.8 Å². The minimum atomic E-state index is -3.13. The number of aryl methyl sites for hydroxylation is 2. The zero-order valence-corrected chi connectivity index (χ0v) is 18.3. The molecule has 1 saturated heterocycles. The Kier molecular flexibility index (Phi) is 6.15. The van der Waals surface area contributed by atoms with Crippen molar-refractivity contribution in [3.8, 4) is 0 Å². The number of nitrogens with zero attached hydrogens (tertiary/aromatic N) is 1. The predicted octanol–water partition coefficient (Wildman–Crippen LogP) is 3.19. The van der Waals surface area contributed by atoms with Crippen molar-refractivity contribution in [2.75, 3.05) is 25.9 Å². The molecule has 3 aliphatic rings. The lowest BCUT2D eigenvalue weighted by Gasteiger charge is -2.41. The van der Waals surface area contributed by atoms with Gasteiger partial charge in [-0.25, -0.2) is 8.42 Å². The van der Waals surface area contributed by atoms with Gasteiger partial charge in [0.2, 0.25) is 0 Å². The molecule has 5 heteroatoms. The second kappa shape index (κ2) is 8.45. The Labute approximate surface area is 171 Å². The van der Waals surface area contributed by atoms with Crippen LogP contribution in [0.25, 0.3) is 0 Å². The molecule has 1 heterocycles. The first-order valence-electron chi connectivity index (χ1n) is 11.2. The van der Waals surface area contributed by atoms with Crippen LogP contribution in [0.1, 0.15) is 55.7 Å². The second-order valence-electron chi connectivity index (χ2n) is 9.46. The molecule has 0 amide bonds. The summed E-state index contributed by atoms with van der Waals surface area (Å²) in [6.45, 7) is 5.06. The van der Waals surface area contributed by atoms with E-state index in [1.807, 2.05) is 0 Å². The molecule has 2 atom stereocenters. The number of hydrogen-bond acceptors (Lipinski definition) is 4. The van der Waals surface area contributed by atoms with Gasteiger partial charge >= 0.3 is 0 Å². The fourth-order valence-corrected chi connectivity index (χ4v) is 7.10. The molecule has 1 N–H and O–H groups in total. The molecule has 2 aliphatic carbocycles. The fourth-order valence-electron chi connectivity index (χ4n) is 5.34. The summed E-state index contributed by atoms with van der Waals surface area (Å²) >= 11 is 0. The molecule has 2 fully saturated rings. The lowest BCUT2D eigenvalue weighted by atomic mass is 9.95. The van der Waals surface area contributed by atoms with E-state index in [-0.39, 0.29) is 17.3 Å². The predicted molar refractivity (Wildman–Crippen MR) is 115 cm³/mol. The molecule has 2 unspecified atom stereocenters. The summed E-state index contributed by atoms with van der Waals surface area (Å²) < 4.78 is 25.8. The molecular formula is C23H36N2O2S. The van der Waals surface area contributed by atoms with Gasteiger partial charge in [0.25, 0.3) is 0 Å².